The van der Waals surface area contributed by atoms with Crippen LogP contribution >= 0.6 is 0 Å². The van der Waals surface area contributed by atoms with E-state index in [1.54, 1.807) is 12.4 Å². The van der Waals surface area contributed by atoms with E-state index in [1.165, 1.54) is 0 Å². The molecule has 2 unspecified atom stereocenters. The second kappa shape index (κ2) is 5.73. The average Bonchev–Trinajstić information content (AvgIpc) is 3.20. The zero-order valence-corrected chi connectivity index (χ0v) is 13.0. The van der Waals surface area contributed by atoms with Gasteiger partial charge in [-0.3, -0.25) is 14.7 Å². The fourth-order valence-corrected chi connectivity index (χ4v) is 3.05. The minimum absolute atomic E-state index is 0.0441. The van der Waals surface area contributed by atoms with Gasteiger partial charge in [-0.25, -0.2) is 0 Å². The van der Waals surface area contributed by atoms with Crippen molar-refractivity contribution in [2.24, 2.45) is 5.92 Å². The fourth-order valence-electron chi connectivity index (χ4n) is 3.05. The number of likely N-dealkylation sites (tertiary alicyclic amines) is 1. The third-order valence-corrected chi connectivity index (χ3v) is 4.51. The molecule has 2 atom stereocenters. The van der Waals surface area contributed by atoms with Crippen molar-refractivity contribution in [3.05, 3.63) is 30.4 Å². The first-order valence-electron chi connectivity index (χ1n) is 7.95. The summed E-state index contributed by atoms with van der Waals surface area (Å²) in [6.07, 6.45) is 6.26. The number of aromatic nitrogens is 3. The van der Waals surface area contributed by atoms with Crippen molar-refractivity contribution in [3.8, 4) is 11.4 Å². The molecule has 2 aromatic rings. The van der Waals surface area contributed by atoms with Crippen LogP contribution in [-0.4, -0.2) is 45.6 Å². The van der Waals surface area contributed by atoms with Crippen LogP contribution in [0.1, 0.15) is 31.2 Å². The van der Waals surface area contributed by atoms with Crippen LogP contribution in [0.3, 0.4) is 0 Å². The quantitative estimate of drug-likeness (QED) is 0.918. The zero-order chi connectivity index (χ0) is 15.8. The maximum atomic E-state index is 11.9. The van der Waals surface area contributed by atoms with Crippen molar-refractivity contribution in [1.29, 1.82) is 0 Å². The van der Waals surface area contributed by atoms with Crippen molar-refractivity contribution in [2.75, 3.05) is 13.6 Å². The predicted molar refractivity (Wildman–Crippen MR) is 82.2 cm³/mol. The third kappa shape index (κ3) is 2.96. The number of hydrogen-bond acceptors (Lipinski definition) is 6. The summed E-state index contributed by atoms with van der Waals surface area (Å²) in [5, 5.41) is 7.19. The van der Waals surface area contributed by atoms with E-state index in [9.17, 15) is 4.79 Å². The van der Waals surface area contributed by atoms with E-state index in [0.717, 1.165) is 31.4 Å². The summed E-state index contributed by atoms with van der Waals surface area (Å²) in [7, 11) is 2.02. The van der Waals surface area contributed by atoms with Crippen LogP contribution in [-0.2, 0) is 4.79 Å². The van der Waals surface area contributed by atoms with Gasteiger partial charge in [0.05, 0.1) is 6.04 Å². The van der Waals surface area contributed by atoms with Crippen LogP contribution in [0.15, 0.2) is 29.0 Å². The van der Waals surface area contributed by atoms with Crippen LogP contribution in [0.4, 0.5) is 0 Å². The molecule has 1 saturated carbocycles. The molecule has 23 heavy (non-hydrogen) atoms. The van der Waals surface area contributed by atoms with E-state index in [4.69, 9.17) is 4.52 Å². The number of rotatable bonds is 4. The molecular formula is C16H19N5O2. The predicted octanol–water partition coefficient (Wildman–Crippen LogP) is 1.40. The molecule has 3 heterocycles. The van der Waals surface area contributed by atoms with Gasteiger partial charge in [-0.1, -0.05) is 5.16 Å². The molecule has 0 spiro atoms. The minimum Gasteiger partial charge on any atom is -0.352 e. The minimum atomic E-state index is 0.0441. The molecule has 7 nitrogen and oxygen atoms in total. The smallest absolute Gasteiger partial charge is 0.244 e. The molecule has 1 saturated heterocycles. The van der Waals surface area contributed by atoms with Gasteiger partial charge in [0.25, 0.3) is 0 Å². The fraction of sp³-hybridized carbons (Fsp3) is 0.500. The van der Waals surface area contributed by atoms with Gasteiger partial charge in [0.1, 0.15) is 0 Å². The molecule has 0 bridgehead atoms. The molecule has 2 aromatic heterocycles. The van der Waals surface area contributed by atoms with Crippen molar-refractivity contribution in [2.45, 2.75) is 31.3 Å². The number of nitrogens with one attached hydrogen (secondary N) is 1. The van der Waals surface area contributed by atoms with Crippen LogP contribution in [0.25, 0.3) is 11.4 Å². The lowest BCUT2D eigenvalue weighted by Crippen LogP contribution is -2.37. The Morgan fingerprint density at radius 1 is 1.35 bits per heavy atom. The van der Waals surface area contributed by atoms with Crippen LogP contribution in [0.2, 0.25) is 0 Å². The Kier molecular flexibility index (Phi) is 3.57. The van der Waals surface area contributed by atoms with Crippen LogP contribution < -0.4 is 5.32 Å². The van der Waals surface area contributed by atoms with Gasteiger partial charge < -0.3 is 9.84 Å². The molecule has 0 radical (unpaired) electrons. The Bertz CT molecular complexity index is 698. The average molecular weight is 313 g/mol. The topological polar surface area (TPSA) is 84.2 Å². The number of likely N-dealkylation sites (N-methyl/N-ethyl adjacent to an activating group) is 1. The summed E-state index contributed by atoms with van der Waals surface area (Å²) in [4.78, 5) is 22.6. The number of hydrogen-bond donors (Lipinski definition) is 1. The normalized spacial score (nSPS) is 24.7. The van der Waals surface area contributed by atoms with E-state index in [-0.39, 0.29) is 23.9 Å². The summed E-state index contributed by atoms with van der Waals surface area (Å²) >= 11 is 0. The lowest BCUT2D eigenvalue weighted by atomic mass is 10.1. The molecular weight excluding hydrogens is 294 g/mol. The SMILES string of the molecule is CN1CC(NC(=O)C2CC2)CC1c1nc(-c2ccncc2)no1. The highest BCUT2D eigenvalue weighted by molar-refractivity contribution is 5.81. The van der Waals surface area contributed by atoms with Gasteiger partial charge in [0.15, 0.2) is 0 Å². The standard InChI is InChI=1S/C16H19N5O2/c1-21-9-12(18-15(22)11-2-3-11)8-13(21)16-19-14(20-23-16)10-4-6-17-7-5-10/h4-7,11-13H,2-3,8-9H2,1H3,(H,18,22). The van der Waals surface area contributed by atoms with Crippen molar-refractivity contribution in [1.82, 2.24) is 25.3 Å². The number of amides is 1. The molecule has 4 rings (SSSR count). The van der Waals surface area contributed by atoms with Crippen molar-refractivity contribution >= 4 is 5.91 Å². The summed E-state index contributed by atoms with van der Waals surface area (Å²) < 4.78 is 5.45. The first-order valence-corrected chi connectivity index (χ1v) is 7.95. The lowest BCUT2D eigenvalue weighted by Gasteiger charge is -2.14. The van der Waals surface area contributed by atoms with E-state index in [0.29, 0.717) is 11.7 Å². The lowest BCUT2D eigenvalue weighted by molar-refractivity contribution is -0.122. The Balaban J connectivity index is 1.45. The van der Waals surface area contributed by atoms with Gasteiger partial charge in [0.2, 0.25) is 17.6 Å². The second-order valence-corrected chi connectivity index (χ2v) is 6.36. The van der Waals surface area contributed by atoms with Crippen LogP contribution in [0.5, 0.6) is 0 Å². The van der Waals surface area contributed by atoms with Gasteiger partial charge in [-0.15, -0.1) is 0 Å². The Labute approximate surface area is 134 Å². The molecule has 1 amide bonds. The van der Waals surface area contributed by atoms with E-state index in [2.05, 4.69) is 25.3 Å². The molecule has 7 heteroatoms. The Morgan fingerprint density at radius 2 is 2.13 bits per heavy atom. The molecule has 1 aliphatic heterocycles. The largest absolute Gasteiger partial charge is 0.352 e. The van der Waals surface area contributed by atoms with E-state index >= 15 is 0 Å². The number of nitrogens with zero attached hydrogens (tertiary/aromatic N) is 4. The van der Waals surface area contributed by atoms with Gasteiger partial charge >= 0.3 is 0 Å². The summed E-state index contributed by atoms with van der Waals surface area (Å²) in [5.41, 5.74) is 0.884. The second-order valence-electron chi connectivity index (χ2n) is 6.36. The van der Waals surface area contributed by atoms with Gasteiger partial charge in [-0.05, 0) is 38.4 Å². The highest BCUT2D eigenvalue weighted by Crippen LogP contribution is 2.33. The Hall–Kier alpha value is -2.28. The highest BCUT2D eigenvalue weighted by atomic mass is 16.5. The maximum Gasteiger partial charge on any atom is 0.244 e. The molecule has 120 valence electrons. The van der Waals surface area contributed by atoms with Gasteiger partial charge in [-0.2, -0.15) is 4.98 Å². The molecule has 1 N–H and O–H groups in total. The van der Waals surface area contributed by atoms with E-state index < -0.39 is 0 Å². The van der Waals surface area contributed by atoms with Crippen molar-refractivity contribution < 1.29 is 9.32 Å². The highest BCUT2D eigenvalue weighted by Gasteiger charge is 2.37. The number of carbonyl (C=O) groups excluding carboxylic acids is 1. The zero-order valence-electron chi connectivity index (χ0n) is 13.0. The molecule has 1 aliphatic carbocycles. The summed E-state index contributed by atoms with van der Waals surface area (Å²) in [5.74, 6) is 1.59. The third-order valence-electron chi connectivity index (χ3n) is 4.51. The Morgan fingerprint density at radius 3 is 2.87 bits per heavy atom. The molecule has 0 aromatic carbocycles. The maximum absolute atomic E-state index is 11.9. The van der Waals surface area contributed by atoms with E-state index in [1.807, 2.05) is 19.2 Å². The molecule has 2 aliphatic rings. The number of carbonyl (C=O) groups is 1. The number of pyridine rings is 1. The first kappa shape index (κ1) is 14.3. The first-order chi connectivity index (χ1) is 11.2. The van der Waals surface area contributed by atoms with Crippen LogP contribution in [0, 0.1) is 5.92 Å². The van der Waals surface area contributed by atoms with Crippen molar-refractivity contribution in [3.63, 3.8) is 0 Å². The monoisotopic (exact) mass is 313 g/mol. The summed E-state index contributed by atoms with van der Waals surface area (Å²) in [6, 6.07) is 3.90. The molecule has 2 fully saturated rings. The summed E-state index contributed by atoms with van der Waals surface area (Å²) in [6.45, 7) is 0.802. The van der Waals surface area contributed by atoms with Gasteiger partial charge in [0, 0.05) is 36.5 Å².